The Morgan fingerprint density at radius 3 is 2.93 bits per heavy atom. The van der Waals surface area contributed by atoms with Crippen molar-refractivity contribution >= 4 is 0 Å². The van der Waals surface area contributed by atoms with Gasteiger partial charge in [-0.2, -0.15) is 0 Å². The van der Waals surface area contributed by atoms with E-state index in [1.54, 1.807) is 6.20 Å². The van der Waals surface area contributed by atoms with E-state index in [4.69, 9.17) is 4.74 Å². The number of aromatic nitrogens is 3. The van der Waals surface area contributed by atoms with Crippen molar-refractivity contribution < 1.29 is 4.74 Å². The molecule has 1 fully saturated rings. The lowest BCUT2D eigenvalue weighted by Crippen LogP contribution is -2.36. The fourth-order valence-corrected chi connectivity index (χ4v) is 3.96. The van der Waals surface area contributed by atoms with Gasteiger partial charge < -0.3 is 9.72 Å². The van der Waals surface area contributed by atoms with Gasteiger partial charge in [-0.05, 0) is 31.7 Å². The van der Waals surface area contributed by atoms with E-state index in [9.17, 15) is 4.79 Å². The molecule has 0 unspecified atom stereocenters. The van der Waals surface area contributed by atoms with Gasteiger partial charge in [0.15, 0.2) is 0 Å². The normalized spacial score (nSPS) is 18.0. The molecule has 0 atom stereocenters. The molecule has 0 spiro atoms. The molecular formula is C21H28N4O2. The molecule has 2 aromatic rings. The van der Waals surface area contributed by atoms with Crippen molar-refractivity contribution in [2.45, 2.75) is 71.1 Å². The molecule has 3 heterocycles. The molecule has 0 amide bonds. The van der Waals surface area contributed by atoms with Gasteiger partial charge in [-0.1, -0.05) is 19.9 Å². The molecule has 27 heavy (non-hydrogen) atoms. The van der Waals surface area contributed by atoms with Crippen LogP contribution in [0.25, 0.3) is 0 Å². The molecule has 144 valence electrons. The maximum Gasteiger partial charge on any atom is 0.255 e. The number of hydrogen-bond donors (Lipinski definition) is 1. The van der Waals surface area contributed by atoms with Crippen molar-refractivity contribution in [2.75, 3.05) is 6.54 Å². The first-order valence-corrected chi connectivity index (χ1v) is 10.0. The van der Waals surface area contributed by atoms with Gasteiger partial charge in [-0.25, -0.2) is 9.97 Å². The minimum atomic E-state index is 0.00187. The molecule has 0 radical (unpaired) electrons. The highest BCUT2D eigenvalue weighted by Gasteiger charge is 2.24. The Kier molecular flexibility index (Phi) is 5.25. The summed E-state index contributed by atoms with van der Waals surface area (Å²) in [6, 6.07) is 4.04. The maximum absolute atomic E-state index is 12.5. The molecule has 6 nitrogen and oxygen atoms in total. The largest absolute Gasteiger partial charge is 0.474 e. The van der Waals surface area contributed by atoms with Crippen molar-refractivity contribution in [2.24, 2.45) is 0 Å². The van der Waals surface area contributed by atoms with Gasteiger partial charge in [0, 0.05) is 43.7 Å². The van der Waals surface area contributed by atoms with Gasteiger partial charge in [0.25, 0.3) is 5.56 Å². The quantitative estimate of drug-likeness (QED) is 0.878. The smallest absolute Gasteiger partial charge is 0.255 e. The number of rotatable bonds is 5. The molecule has 4 rings (SSSR count). The maximum atomic E-state index is 12.5. The molecule has 6 heteroatoms. The van der Waals surface area contributed by atoms with E-state index >= 15 is 0 Å². The Balaban J connectivity index is 1.50. The Morgan fingerprint density at radius 1 is 1.33 bits per heavy atom. The highest BCUT2D eigenvalue weighted by Crippen LogP contribution is 2.26. The third kappa shape index (κ3) is 4.05. The topological polar surface area (TPSA) is 71.1 Å². The third-order valence-corrected chi connectivity index (χ3v) is 5.54. The van der Waals surface area contributed by atoms with Crippen LogP contribution < -0.4 is 10.3 Å². The fraction of sp³-hybridized carbons (Fsp3) is 0.571. The summed E-state index contributed by atoms with van der Waals surface area (Å²) in [4.78, 5) is 26.9. The van der Waals surface area contributed by atoms with Crippen LogP contribution in [-0.2, 0) is 19.5 Å². The van der Waals surface area contributed by atoms with Crippen molar-refractivity contribution in [3.05, 3.63) is 51.3 Å². The summed E-state index contributed by atoms with van der Waals surface area (Å²) in [5.41, 5.74) is 2.85. The summed E-state index contributed by atoms with van der Waals surface area (Å²) < 4.78 is 6.17. The predicted molar refractivity (Wildman–Crippen MR) is 104 cm³/mol. The van der Waals surface area contributed by atoms with E-state index in [2.05, 4.69) is 25.9 Å². The van der Waals surface area contributed by atoms with Crippen LogP contribution in [0.3, 0.4) is 0 Å². The van der Waals surface area contributed by atoms with E-state index in [-0.39, 0.29) is 11.5 Å². The molecule has 2 aromatic heterocycles. The van der Waals surface area contributed by atoms with E-state index in [1.807, 2.05) is 19.9 Å². The summed E-state index contributed by atoms with van der Waals surface area (Å²) in [6.45, 7) is 6.34. The lowest BCUT2D eigenvalue weighted by atomic mass is 10.1. The van der Waals surface area contributed by atoms with Gasteiger partial charge >= 0.3 is 0 Å². The van der Waals surface area contributed by atoms with Crippen LogP contribution in [-0.4, -0.2) is 32.5 Å². The standard InChI is InChI=1S/C21H28N4O2/c1-14(2)19-23-18-9-11-25(13-17(18)20(26)24-19)12-15-6-5-10-22-21(15)27-16-7-3-4-8-16/h5-6,10,14,16H,3-4,7-9,11-13H2,1-2H3,(H,23,24,26). The Morgan fingerprint density at radius 2 is 2.15 bits per heavy atom. The molecule has 2 aliphatic rings. The summed E-state index contributed by atoms with van der Waals surface area (Å²) in [5.74, 6) is 1.76. The van der Waals surface area contributed by atoms with Crippen LogP contribution in [0.1, 0.15) is 68.1 Å². The molecule has 0 saturated heterocycles. The number of H-pyrrole nitrogens is 1. The average Bonchev–Trinajstić information content (AvgIpc) is 3.17. The summed E-state index contributed by atoms with van der Waals surface area (Å²) >= 11 is 0. The third-order valence-electron chi connectivity index (χ3n) is 5.54. The van der Waals surface area contributed by atoms with E-state index in [0.717, 1.165) is 60.9 Å². The van der Waals surface area contributed by atoms with Gasteiger partial charge in [0.05, 0.1) is 11.3 Å². The molecule has 1 aliphatic carbocycles. The highest BCUT2D eigenvalue weighted by molar-refractivity contribution is 5.27. The first-order chi connectivity index (χ1) is 13.1. The number of nitrogens with one attached hydrogen (secondary N) is 1. The zero-order chi connectivity index (χ0) is 18.8. The van der Waals surface area contributed by atoms with E-state index < -0.39 is 0 Å². The average molecular weight is 368 g/mol. The minimum absolute atomic E-state index is 0.00187. The molecule has 0 aromatic carbocycles. The number of aromatic amines is 1. The number of hydrogen-bond acceptors (Lipinski definition) is 5. The molecule has 1 aliphatic heterocycles. The molecule has 0 bridgehead atoms. The van der Waals surface area contributed by atoms with Crippen molar-refractivity contribution in [3.63, 3.8) is 0 Å². The number of ether oxygens (including phenoxy) is 1. The Bertz CT molecular complexity index is 856. The van der Waals surface area contributed by atoms with Gasteiger partial charge in [0.1, 0.15) is 11.9 Å². The van der Waals surface area contributed by atoms with Crippen molar-refractivity contribution in [3.8, 4) is 5.88 Å². The van der Waals surface area contributed by atoms with E-state index in [0.29, 0.717) is 12.6 Å². The zero-order valence-electron chi connectivity index (χ0n) is 16.2. The fourth-order valence-electron chi connectivity index (χ4n) is 3.96. The van der Waals surface area contributed by atoms with Crippen molar-refractivity contribution in [1.82, 2.24) is 19.9 Å². The van der Waals surface area contributed by atoms with Gasteiger partial charge in [-0.3, -0.25) is 9.69 Å². The SMILES string of the molecule is CC(C)c1nc2c(c(=O)[nH]1)CN(Cc1cccnc1OC1CCCC1)CC2. The van der Waals surface area contributed by atoms with E-state index in [1.165, 1.54) is 12.8 Å². The molecule has 1 saturated carbocycles. The van der Waals surface area contributed by atoms with Crippen LogP contribution >= 0.6 is 0 Å². The van der Waals surface area contributed by atoms with Gasteiger partial charge in [-0.15, -0.1) is 0 Å². The summed E-state index contributed by atoms with van der Waals surface area (Å²) in [7, 11) is 0. The Labute approximate surface area is 160 Å². The minimum Gasteiger partial charge on any atom is -0.474 e. The predicted octanol–water partition coefficient (Wildman–Crippen LogP) is 3.17. The first-order valence-electron chi connectivity index (χ1n) is 10.0. The van der Waals surface area contributed by atoms with Crippen LogP contribution in [0, 0.1) is 0 Å². The molecule has 1 N–H and O–H groups in total. The lowest BCUT2D eigenvalue weighted by Gasteiger charge is -2.28. The lowest BCUT2D eigenvalue weighted by molar-refractivity contribution is 0.189. The summed E-state index contributed by atoms with van der Waals surface area (Å²) in [5, 5.41) is 0. The number of fused-ring (bicyclic) bond motifs is 1. The monoisotopic (exact) mass is 368 g/mol. The van der Waals surface area contributed by atoms with Crippen LogP contribution in [0.2, 0.25) is 0 Å². The van der Waals surface area contributed by atoms with Crippen LogP contribution in [0.15, 0.2) is 23.1 Å². The second kappa shape index (κ2) is 7.80. The number of pyridine rings is 1. The molecular weight excluding hydrogens is 340 g/mol. The number of nitrogens with zero attached hydrogens (tertiary/aromatic N) is 3. The summed E-state index contributed by atoms with van der Waals surface area (Å²) in [6.07, 6.45) is 7.61. The van der Waals surface area contributed by atoms with Gasteiger partial charge in [0.2, 0.25) is 5.88 Å². The second-order valence-corrected chi connectivity index (χ2v) is 7.98. The first kappa shape index (κ1) is 18.2. The van der Waals surface area contributed by atoms with Crippen molar-refractivity contribution in [1.29, 1.82) is 0 Å². The van der Waals surface area contributed by atoms with Crippen LogP contribution in [0.4, 0.5) is 0 Å². The highest BCUT2D eigenvalue weighted by atomic mass is 16.5. The Hall–Kier alpha value is -2.21. The van der Waals surface area contributed by atoms with Crippen LogP contribution in [0.5, 0.6) is 5.88 Å². The zero-order valence-corrected chi connectivity index (χ0v) is 16.2. The second-order valence-electron chi connectivity index (χ2n) is 7.98.